The lowest BCUT2D eigenvalue weighted by Crippen LogP contribution is -2.25. The average molecular weight is 316 g/mol. The van der Waals surface area contributed by atoms with Crippen molar-refractivity contribution >= 4 is 28.8 Å². The van der Waals surface area contributed by atoms with Crippen LogP contribution in [-0.2, 0) is 11.3 Å². The molecule has 0 atom stereocenters. The van der Waals surface area contributed by atoms with Gasteiger partial charge in [-0.3, -0.25) is 4.79 Å². The number of carbonyl (C=O) groups excluding carboxylic acids is 1. The van der Waals surface area contributed by atoms with Crippen LogP contribution in [0.1, 0.15) is 5.56 Å². The van der Waals surface area contributed by atoms with E-state index < -0.39 is 0 Å². The Morgan fingerprint density at radius 3 is 2.77 bits per heavy atom. The van der Waals surface area contributed by atoms with E-state index >= 15 is 0 Å². The van der Waals surface area contributed by atoms with Crippen LogP contribution in [-0.4, -0.2) is 16.6 Å². The van der Waals surface area contributed by atoms with Crippen molar-refractivity contribution in [2.75, 3.05) is 5.75 Å². The normalized spacial score (nSPS) is 10.8. The fourth-order valence-corrected chi connectivity index (χ4v) is 2.59. The molecule has 0 spiro atoms. The van der Waals surface area contributed by atoms with Gasteiger partial charge in [0.25, 0.3) is 5.22 Å². The first-order chi connectivity index (χ1) is 10.7. The molecule has 4 nitrogen and oxygen atoms in total. The van der Waals surface area contributed by atoms with Gasteiger partial charge in [0.2, 0.25) is 5.91 Å². The molecule has 1 amide bonds. The van der Waals surface area contributed by atoms with E-state index in [4.69, 9.17) is 4.42 Å². The highest BCUT2D eigenvalue weighted by Crippen LogP contribution is 2.22. The minimum absolute atomic E-state index is 0.166. The van der Waals surface area contributed by atoms with Crippen molar-refractivity contribution < 1.29 is 13.6 Å². The lowest BCUT2D eigenvalue weighted by Gasteiger charge is -2.05. The number of hydrogen-bond acceptors (Lipinski definition) is 4. The SMILES string of the molecule is O=C(CSc1nc2ccccc2o1)NCc1ccccc1F. The van der Waals surface area contributed by atoms with Gasteiger partial charge in [-0.1, -0.05) is 42.1 Å². The van der Waals surface area contributed by atoms with Crippen LogP contribution >= 0.6 is 11.8 Å². The predicted molar refractivity (Wildman–Crippen MR) is 83.0 cm³/mol. The van der Waals surface area contributed by atoms with Gasteiger partial charge >= 0.3 is 0 Å². The standard InChI is InChI=1S/C16H13FN2O2S/c17-12-6-2-1-5-11(12)9-18-15(20)10-22-16-19-13-7-3-4-8-14(13)21-16/h1-8H,9-10H2,(H,18,20). The molecule has 0 fully saturated rings. The van der Waals surface area contributed by atoms with Gasteiger partial charge in [0.15, 0.2) is 5.58 Å². The summed E-state index contributed by atoms with van der Waals surface area (Å²) in [6, 6.07) is 13.8. The molecule has 3 rings (SSSR count). The zero-order valence-electron chi connectivity index (χ0n) is 11.6. The molecule has 0 unspecified atom stereocenters. The monoisotopic (exact) mass is 316 g/mol. The van der Waals surface area contributed by atoms with Crippen molar-refractivity contribution in [1.29, 1.82) is 0 Å². The van der Waals surface area contributed by atoms with Crippen LogP contribution in [0, 0.1) is 5.82 Å². The van der Waals surface area contributed by atoms with E-state index in [9.17, 15) is 9.18 Å². The second-order valence-electron chi connectivity index (χ2n) is 4.60. The third kappa shape index (κ3) is 3.46. The molecule has 2 aromatic carbocycles. The Hall–Kier alpha value is -2.34. The van der Waals surface area contributed by atoms with Crippen LogP contribution < -0.4 is 5.32 Å². The molecular formula is C16H13FN2O2S. The number of halogens is 1. The van der Waals surface area contributed by atoms with Gasteiger partial charge in [-0.25, -0.2) is 9.37 Å². The Bertz CT molecular complexity index is 770. The topological polar surface area (TPSA) is 55.1 Å². The van der Waals surface area contributed by atoms with Crippen LogP contribution in [0.5, 0.6) is 0 Å². The summed E-state index contributed by atoms with van der Waals surface area (Å²) < 4.78 is 18.9. The number of aromatic nitrogens is 1. The van der Waals surface area contributed by atoms with Gasteiger partial charge in [-0.05, 0) is 18.2 Å². The molecule has 22 heavy (non-hydrogen) atoms. The maximum Gasteiger partial charge on any atom is 0.257 e. The first-order valence-electron chi connectivity index (χ1n) is 6.71. The van der Waals surface area contributed by atoms with Crippen LogP contribution in [0.4, 0.5) is 4.39 Å². The third-order valence-electron chi connectivity index (χ3n) is 3.03. The van der Waals surface area contributed by atoms with Crippen molar-refractivity contribution in [3.05, 3.63) is 59.9 Å². The van der Waals surface area contributed by atoms with Gasteiger partial charge in [0.05, 0.1) is 5.75 Å². The molecule has 6 heteroatoms. The quantitative estimate of drug-likeness (QED) is 0.733. The van der Waals surface area contributed by atoms with Gasteiger partial charge in [0.1, 0.15) is 11.3 Å². The maximum absolute atomic E-state index is 13.4. The van der Waals surface area contributed by atoms with E-state index in [0.29, 0.717) is 16.4 Å². The lowest BCUT2D eigenvalue weighted by molar-refractivity contribution is -0.118. The largest absolute Gasteiger partial charge is 0.431 e. The van der Waals surface area contributed by atoms with Crippen LogP contribution in [0.2, 0.25) is 0 Å². The lowest BCUT2D eigenvalue weighted by atomic mass is 10.2. The van der Waals surface area contributed by atoms with Crippen molar-refractivity contribution in [3.63, 3.8) is 0 Å². The Balaban J connectivity index is 1.53. The summed E-state index contributed by atoms with van der Waals surface area (Å²) in [4.78, 5) is 16.1. The van der Waals surface area contributed by atoms with Crippen molar-refractivity contribution in [2.45, 2.75) is 11.8 Å². The van der Waals surface area contributed by atoms with Gasteiger partial charge < -0.3 is 9.73 Å². The molecular weight excluding hydrogens is 303 g/mol. The van der Waals surface area contributed by atoms with Crippen LogP contribution in [0.25, 0.3) is 11.1 Å². The molecule has 112 valence electrons. The Labute approximate surface area is 130 Å². The summed E-state index contributed by atoms with van der Waals surface area (Å²) in [6.45, 7) is 0.166. The minimum atomic E-state index is -0.325. The molecule has 0 bridgehead atoms. The summed E-state index contributed by atoms with van der Waals surface area (Å²) in [7, 11) is 0. The van der Waals surface area contributed by atoms with Crippen molar-refractivity contribution in [2.24, 2.45) is 0 Å². The number of carbonyl (C=O) groups is 1. The third-order valence-corrected chi connectivity index (χ3v) is 3.86. The number of nitrogens with zero attached hydrogens (tertiary/aromatic N) is 1. The molecule has 0 radical (unpaired) electrons. The molecule has 0 saturated carbocycles. The number of hydrogen-bond donors (Lipinski definition) is 1. The number of benzene rings is 2. The summed E-state index contributed by atoms with van der Waals surface area (Å²) in [5, 5.41) is 3.12. The predicted octanol–water partition coefficient (Wildman–Crippen LogP) is 3.38. The molecule has 3 aromatic rings. The zero-order valence-corrected chi connectivity index (χ0v) is 12.4. The zero-order chi connectivity index (χ0) is 15.4. The number of thioether (sulfide) groups is 1. The molecule has 1 N–H and O–H groups in total. The van der Waals surface area contributed by atoms with E-state index in [-0.39, 0.29) is 24.0 Å². The fraction of sp³-hybridized carbons (Fsp3) is 0.125. The van der Waals surface area contributed by atoms with Gasteiger partial charge in [0, 0.05) is 12.1 Å². The Morgan fingerprint density at radius 2 is 1.95 bits per heavy atom. The first kappa shape index (κ1) is 14.6. The van der Waals surface area contributed by atoms with Gasteiger partial charge in [-0.15, -0.1) is 0 Å². The minimum Gasteiger partial charge on any atom is -0.431 e. The summed E-state index contributed by atoms with van der Waals surface area (Å²) in [6.07, 6.45) is 0. The fourth-order valence-electron chi connectivity index (χ4n) is 1.93. The van der Waals surface area contributed by atoms with E-state index in [1.54, 1.807) is 18.2 Å². The van der Waals surface area contributed by atoms with Crippen LogP contribution in [0.3, 0.4) is 0 Å². The van der Waals surface area contributed by atoms with Crippen LogP contribution in [0.15, 0.2) is 58.2 Å². The summed E-state index contributed by atoms with van der Waals surface area (Å²) in [5.41, 5.74) is 1.91. The molecule has 0 aliphatic rings. The highest BCUT2D eigenvalue weighted by atomic mass is 32.2. The second-order valence-corrected chi connectivity index (χ2v) is 5.53. The molecule has 0 saturated heterocycles. The van der Waals surface area contributed by atoms with E-state index in [0.717, 1.165) is 5.52 Å². The summed E-state index contributed by atoms with van der Waals surface area (Å²) in [5.74, 6) is -0.355. The Kier molecular flexibility index (Phi) is 4.39. The maximum atomic E-state index is 13.4. The molecule has 1 heterocycles. The van der Waals surface area contributed by atoms with E-state index in [1.165, 1.54) is 17.8 Å². The van der Waals surface area contributed by atoms with Crippen molar-refractivity contribution in [1.82, 2.24) is 10.3 Å². The number of oxazole rings is 1. The number of rotatable bonds is 5. The molecule has 0 aliphatic carbocycles. The Morgan fingerprint density at radius 1 is 1.18 bits per heavy atom. The molecule has 1 aromatic heterocycles. The van der Waals surface area contributed by atoms with Gasteiger partial charge in [-0.2, -0.15) is 0 Å². The smallest absolute Gasteiger partial charge is 0.257 e. The van der Waals surface area contributed by atoms with E-state index in [2.05, 4.69) is 10.3 Å². The molecule has 0 aliphatic heterocycles. The highest BCUT2D eigenvalue weighted by molar-refractivity contribution is 7.99. The van der Waals surface area contributed by atoms with E-state index in [1.807, 2.05) is 24.3 Å². The first-order valence-corrected chi connectivity index (χ1v) is 7.69. The average Bonchev–Trinajstić information content (AvgIpc) is 2.95. The highest BCUT2D eigenvalue weighted by Gasteiger charge is 2.09. The summed E-state index contributed by atoms with van der Waals surface area (Å²) >= 11 is 1.21. The number of nitrogens with one attached hydrogen (secondary N) is 1. The number of para-hydroxylation sites is 2. The van der Waals surface area contributed by atoms with Crippen molar-refractivity contribution in [3.8, 4) is 0 Å². The second kappa shape index (κ2) is 6.62. The number of amides is 1. The number of fused-ring (bicyclic) bond motifs is 1.